The Hall–Kier alpha value is -2.07. The van der Waals surface area contributed by atoms with Crippen LogP contribution in [0.1, 0.15) is 54.4 Å². The molecule has 1 aliphatic heterocycles. The molecule has 0 radical (unpaired) electrons. The van der Waals surface area contributed by atoms with Gasteiger partial charge in [0.15, 0.2) is 11.5 Å². The normalized spacial score (nSPS) is 25.0. The predicted octanol–water partition coefficient (Wildman–Crippen LogP) is 4.99. The largest absolute Gasteiger partial charge is 0.493 e. The smallest absolute Gasteiger partial charge is 0.161 e. The number of methoxy groups -OCH3 is 2. The molecule has 1 saturated carbocycles. The molecule has 2 aliphatic rings. The molecular weight excluding hydrogens is 319 g/mol. The topological polar surface area (TPSA) is 27.7 Å². The average Bonchev–Trinajstić information content (AvgIpc) is 2.67. The zero-order valence-corrected chi connectivity index (χ0v) is 14.6. The zero-order valence-electron chi connectivity index (χ0n) is 14.6. The highest BCUT2D eigenvalue weighted by atomic mass is 19.1. The highest BCUT2D eigenvalue weighted by Gasteiger charge is 2.38. The van der Waals surface area contributed by atoms with Crippen LogP contribution in [0, 0.1) is 5.82 Å². The number of rotatable bonds is 3. The lowest BCUT2D eigenvalue weighted by Crippen LogP contribution is -2.33. The fraction of sp³-hybridized carbons (Fsp3) is 0.429. The van der Waals surface area contributed by atoms with Crippen molar-refractivity contribution in [2.24, 2.45) is 0 Å². The summed E-state index contributed by atoms with van der Waals surface area (Å²) >= 11 is 0. The van der Waals surface area contributed by atoms with Crippen molar-refractivity contribution in [3.8, 4) is 11.5 Å². The summed E-state index contributed by atoms with van der Waals surface area (Å²) in [5, 5.41) is 0. The van der Waals surface area contributed by atoms with Crippen LogP contribution in [-0.2, 0) is 4.74 Å². The van der Waals surface area contributed by atoms with E-state index in [9.17, 15) is 4.39 Å². The summed E-state index contributed by atoms with van der Waals surface area (Å²) in [5.41, 5.74) is 3.36. The Morgan fingerprint density at radius 1 is 0.920 bits per heavy atom. The second-order valence-corrected chi connectivity index (χ2v) is 6.83. The van der Waals surface area contributed by atoms with E-state index in [-0.39, 0.29) is 18.0 Å². The Balaban J connectivity index is 1.85. The molecular formula is C21H23FO3. The van der Waals surface area contributed by atoms with Gasteiger partial charge in [0.05, 0.1) is 20.3 Å². The molecule has 2 aromatic rings. The van der Waals surface area contributed by atoms with Gasteiger partial charge >= 0.3 is 0 Å². The van der Waals surface area contributed by atoms with Crippen LogP contribution in [0.15, 0.2) is 36.4 Å². The highest BCUT2D eigenvalue weighted by Crippen LogP contribution is 2.49. The van der Waals surface area contributed by atoms with Gasteiger partial charge in [-0.05, 0) is 53.8 Å². The summed E-state index contributed by atoms with van der Waals surface area (Å²) in [6.07, 6.45) is 4.61. The fourth-order valence-corrected chi connectivity index (χ4v) is 4.22. The van der Waals surface area contributed by atoms with Gasteiger partial charge in [0.25, 0.3) is 0 Å². The molecule has 0 bridgehead atoms. The first-order valence-corrected chi connectivity index (χ1v) is 8.88. The molecule has 0 amide bonds. The molecule has 3 atom stereocenters. The van der Waals surface area contributed by atoms with Crippen LogP contribution in [0.3, 0.4) is 0 Å². The predicted molar refractivity (Wildman–Crippen MR) is 93.9 cm³/mol. The van der Waals surface area contributed by atoms with Gasteiger partial charge in [-0.3, -0.25) is 0 Å². The van der Waals surface area contributed by atoms with E-state index in [0.717, 1.165) is 29.7 Å². The van der Waals surface area contributed by atoms with Crippen LogP contribution in [0.25, 0.3) is 0 Å². The van der Waals surface area contributed by atoms with Crippen LogP contribution in [0.4, 0.5) is 4.39 Å². The molecule has 0 spiro atoms. The van der Waals surface area contributed by atoms with Crippen LogP contribution < -0.4 is 9.47 Å². The van der Waals surface area contributed by atoms with E-state index in [1.54, 1.807) is 14.2 Å². The molecule has 132 valence electrons. The van der Waals surface area contributed by atoms with E-state index in [4.69, 9.17) is 14.2 Å². The van der Waals surface area contributed by atoms with Crippen molar-refractivity contribution in [1.29, 1.82) is 0 Å². The zero-order chi connectivity index (χ0) is 17.4. The lowest BCUT2D eigenvalue weighted by atomic mass is 9.76. The molecule has 0 unspecified atom stereocenters. The molecule has 0 aromatic heterocycles. The van der Waals surface area contributed by atoms with Gasteiger partial charge in [0.1, 0.15) is 11.9 Å². The van der Waals surface area contributed by atoms with E-state index in [1.807, 2.05) is 18.2 Å². The van der Waals surface area contributed by atoms with Gasteiger partial charge in [0.2, 0.25) is 0 Å². The summed E-state index contributed by atoms with van der Waals surface area (Å²) in [6.45, 7) is 0. The monoisotopic (exact) mass is 342 g/mol. The third-order valence-electron chi connectivity index (χ3n) is 5.46. The van der Waals surface area contributed by atoms with Crippen LogP contribution in [0.5, 0.6) is 11.5 Å². The number of fused-ring (bicyclic) bond motifs is 3. The van der Waals surface area contributed by atoms with Gasteiger partial charge in [0, 0.05) is 5.92 Å². The molecule has 25 heavy (non-hydrogen) atoms. The first-order valence-electron chi connectivity index (χ1n) is 8.88. The van der Waals surface area contributed by atoms with Crippen LogP contribution >= 0.6 is 0 Å². The van der Waals surface area contributed by atoms with Crippen molar-refractivity contribution in [2.45, 2.75) is 43.8 Å². The number of halogens is 1. The van der Waals surface area contributed by atoms with Gasteiger partial charge in [-0.15, -0.1) is 0 Å². The lowest BCUT2D eigenvalue weighted by molar-refractivity contribution is -0.0391. The fourth-order valence-electron chi connectivity index (χ4n) is 4.22. The van der Waals surface area contributed by atoms with E-state index >= 15 is 0 Å². The van der Waals surface area contributed by atoms with Gasteiger partial charge < -0.3 is 14.2 Å². The second kappa shape index (κ2) is 6.68. The molecule has 3 nitrogen and oxygen atoms in total. The van der Waals surface area contributed by atoms with E-state index in [2.05, 4.69) is 6.07 Å². The maximum absolute atomic E-state index is 13.4. The molecule has 0 saturated heterocycles. The Morgan fingerprint density at radius 3 is 2.24 bits per heavy atom. The Morgan fingerprint density at radius 2 is 1.56 bits per heavy atom. The number of hydrogen-bond donors (Lipinski definition) is 0. The summed E-state index contributed by atoms with van der Waals surface area (Å²) in [7, 11) is 3.31. The van der Waals surface area contributed by atoms with E-state index in [0.29, 0.717) is 11.7 Å². The maximum Gasteiger partial charge on any atom is 0.161 e. The summed E-state index contributed by atoms with van der Waals surface area (Å²) in [6, 6.07) is 10.7. The standard InChI is InChI=1S/C21H23FO3/c1-23-19-11-16-15-5-3-4-6-18(15)25-21(17(16)12-20(19)24-2)13-7-9-14(22)10-8-13/h7-12,15,18,21H,3-6H2,1-2H3/t15-,18-,21+/m1/s1. The number of hydrogen-bond acceptors (Lipinski definition) is 3. The van der Waals surface area contributed by atoms with Crippen molar-refractivity contribution in [3.05, 3.63) is 58.9 Å². The Bertz CT molecular complexity index is 756. The van der Waals surface area contributed by atoms with Crippen molar-refractivity contribution >= 4 is 0 Å². The highest BCUT2D eigenvalue weighted by molar-refractivity contribution is 5.52. The molecule has 0 N–H and O–H groups in total. The molecule has 1 heterocycles. The summed E-state index contributed by atoms with van der Waals surface area (Å²) in [4.78, 5) is 0. The number of benzene rings is 2. The van der Waals surface area contributed by atoms with Crippen molar-refractivity contribution in [1.82, 2.24) is 0 Å². The minimum absolute atomic E-state index is 0.199. The third kappa shape index (κ3) is 2.89. The third-order valence-corrected chi connectivity index (χ3v) is 5.46. The minimum atomic E-state index is -0.234. The molecule has 1 fully saturated rings. The molecule has 1 aliphatic carbocycles. The average molecular weight is 342 g/mol. The van der Waals surface area contributed by atoms with Crippen LogP contribution in [0.2, 0.25) is 0 Å². The van der Waals surface area contributed by atoms with Crippen molar-refractivity contribution in [2.75, 3.05) is 14.2 Å². The maximum atomic E-state index is 13.4. The van der Waals surface area contributed by atoms with Gasteiger partial charge in [-0.25, -0.2) is 4.39 Å². The number of ether oxygens (including phenoxy) is 3. The first-order chi connectivity index (χ1) is 12.2. The van der Waals surface area contributed by atoms with Crippen molar-refractivity contribution in [3.63, 3.8) is 0 Å². The molecule has 4 rings (SSSR count). The second-order valence-electron chi connectivity index (χ2n) is 6.83. The Kier molecular flexibility index (Phi) is 4.38. The summed E-state index contributed by atoms with van der Waals surface area (Å²) in [5.74, 6) is 1.61. The molecule has 4 heteroatoms. The minimum Gasteiger partial charge on any atom is -0.493 e. The van der Waals surface area contributed by atoms with Gasteiger partial charge in [-0.2, -0.15) is 0 Å². The Labute approximate surface area is 147 Å². The van der Waals surface area contributed by atoms with E-state index < -0.39 is 0 Å². The van der Waals surface area contributed by atoms with Crippen molar-refractivity contribution < 1.29 is 18.6 Å². The summed E-state index contributed by atoms with van der Waals surface area (Å²) < 4.78 is 30.9. The lowest BCUT2D eigenvalue weighted by Gasteiger charge is -2.41. The van der Waals surface area contributed by atoms with E-state index in [1.165, 1.54) is 30.5 Å². The first kappa shape index (κ1) is 16.4. The quantitative estimate of drug-likeness (QED) is 0.786. The SMILES string of the molecule is COc1cc2c(cc1OC)[C@H]1CCCC[C@H]1O[C@H]2c1ccc(F)cc1. The van der Waals surface area contributed by atoms with Gasteiger partial charge in [-0.1, -0.05) is 25.0 Å². The van der Waals surface area contributed by atoms with Crippen LogP contribution in [-0.4, -0.2) is 20.3 Å². The molecule has 2 aromatic carbocycles.